The van der Waals surface area contributed by atoms with Gasteiger partial charge in [0, 0.05) is 47.7 Å². The maximum Gasteiger partial charge on any atom is 0.125 e. The normalized spacial score (nSPS) is 20.6. The Hall–Kier alpha value is -2.42. The van der Waals surface area contributed by atoms with Crippen molar-refractivity contribution in [1.29, 1.82) is 5.26 Å². The molecular weight excluding hydrogens is 477 g/mol. The fraction of sp³-hybridized carbons (Fsp3) is 0.269. The zero-order chi connectivity index (χ0) is 22.9. The van der Waals surface area contributed by atoms with Crippen LogP contribution in [0.15, 0.2) is 60.7 Å². The second-order valence-corrected chi connectivity index (χ2v) is 9.65. The monoisotopic (exact) mass is 497 g/mol. The van der Waals surface area contributed by atoms with Gasteiger partial charge in [-0.25, -0.2) is 0 Å². The largest absolute Gasteiger partial charge is 0.493 e. The van der Waals surface area contributed by atoms with E-state index in [2.05, 4.69) is 28.0 Å². The van der Waals surface area contributed by atoms with Crippen LogP contribution in [0.25, 0.3) is 0 Å². The number of piperazine rings is 1. The first-order valence-corrected chi connectivity index (χ1v) is 12.0. The first kappa shape index (κ1) is 22.4. The lowest BCUT2D eigenvalue weighted by Crippen LogP contribution is -2.50. The van der Waals surface area contributed by atoms with Gasteiger partial charge in [-0.1, -0.05) is 53.0 Å². The van der Waals surface area contributed by atoms with Crippen molar-refractivity contribution >= 4 is 40.5 Å². The van der Waals surface area contributed by atoms with E-state index in [0.29, 0.717) is 27.2 Å². The second-order valence-electron chi connectivity index (χ2n) is 8.37. The van der Waals surface area contributed by atoms with Crippen LogP contribution in [-0.2, 0) is 0 Å². The van der Waals surface area contributed by atoms with Crippen LogP contribution in [0, 0.1) is 11.3 Å². The van der Waals surface area contributed by atoms with Gasteiger partial charge in [-0.15, -0.1) is 0 Å². The van der Waals surface area contributed by atoms with Crippen molar-refractivity contribution in [3.05, 3.63) is 92.4 Å². The zero-order valence-electron chi connectivity index (χ0n) is 17.8. The van der Waals surface area contributed by atoms with Gasteiger partial charge < -0.3 is 9.64 Å². The average molecular weight is 499 g/mol. The second kappa shape index (κ2) is 9.44. The molecule has 0 unspecified atom stereocenters. The Balaban J connectivity index is 1.49. The Kier molecular flexibility index (Phi) is 6.40. The van der Waals surface area contributed by atoms with Crippen LogP contribution in [0.2, 0.25) is 15.1 Å². The lowest BCUT2D eigenvalue weighted by molar-refractivity contribution is 0.117. The number of benzene rings is 3. The molecule has 1 fully saturated rings. The van der Waals surface area contributed by atoms with Crippen LogP contribution in [-0.4, -0.2) is 31.1 Å². The summed E-state index contributed by atoms with van der Waals surface area (Å²) >= 11 is 19.0. The molecule has 0 radical (unpaired) electrons. The van der Waals surface area contributed by atoms with E-state index in [1.807, 2.05) is 42.5 Å². The molecule has 3 aromatic rings. The Morgan fingerprint density at radius 1 is 0.879 bits per heavy atom. The van der Waals surface area contributed by atoms with E-state index < -0.39 is 0 Å². The first-order chi connectivity index (χ1) is 16.0. The summed E-state index contributed by atoms with van der Waals surface area (Å²) in [7, 11) is 0. The molecule has 0 bridgehead atoms. The molecule has 5 rings (SSSR count). The first-order valence-electron chi connectivity index (χ1n) is 10.9. The molecule has 2 heterocycles. The van der Waals surface area contributed by atoms with Gasteiger partial charge in [0.15, 0.2) is 0 Å². The molecule has 33 heavy (non-hydrogen) atoms. The van der Waals surface area contributed by atoms with Gasteiger partial charge in [-0.3, -0.25) is 4.90 Å². The third-order valence-corrected chi connectivity index (χ3v) is 7.27. The number of anilines is 1. The zero-order valence-corrected chi connectivity index (χ0v) is 20.1. The summed E-state index contributed by atoms with van der Waals surface area (Å²) < 4.78 is 5.90. The predicted octanol–water partition coefficient (Wildman–Crippen LogP) is 6.91. The number of halogens is 3. The van der Waals surface area contributed by atoms with Gasteiger partial charge in [0.25, 0.3) is 0 Å². The van der Waals surface area contributed by atoms with E-state index in [-0.39, 0.29) is 12.1 Å². The van der Waals surface area contributed by atoms with Crippen LogP contribution in [0.1, 0.15) is 35.2 Å². The summed E-state index contributed by atoms with van der Waals surface area (Å²) in [5, 5.41) is 11.3. The van der Waals surface area contributed by atoms with E-state index in [1.165, 1.54) is 5.56 Å². The number of nitriles is 1. The van der Waals surface area contributed by atoms with Gasteiger partial charge in [-0.05, 0) is 48.0 Å². The molecule has 3 aromatic carbocycles. The van der Waals surface area contributed by atoms with Crippen molar-refractivity contribution in [2.45, 2.75) is 18.5 Å². The van der Waals surface area contributed by atoms with Crippen LogP contribution in [0.3, 0.4) is 0 Å². The van der Waals surface area contributed by atoms with Crippen molar-refractivity contribution in [2.75, 3.05) is 31.1 Å². The molecule has 168 valence electrons. The number of hydrogen-bond acceptors (Lipinski definition) is 4. The molecule has 0 N–H and O–H groups in total. The fourth-order valence-corrected chi connectivity index (χ4v) is 5.52. The minimum Gasteiger partial charge on any atom is -0.493 e. The standard InChI is InChI=1S/C26H22Cl3N3O/c27-19-4-2-18(3-5-19)25-16-31(10-11-32(25)24-8-6-20(28)14-22(24)29)23-9-12-33-26-13-17(15-30)1-7-21(23)26/h1-8,13-14,23,25H,9-12,16H2/t23-,25+/m1/s1. The number of fused-ring (bicyclic) bond motifs is 1. The molecule has 2 aliphatic rings. The Bertz CT molecular complexity index is 1210. The van der Waals surface area contributed by atoms with Crippen LogP contribution in [0.5, 0.6) is 5.75 Å². The highest BCUT2D eigenvalue weighted by Crippen LogP contribution is 2.42. The van der Waals surface area contributed by atoms with Gasteiger partial charge in [0.2, 0.25) is 0 Å². The maximum atomic E-state index is 9.26. The molecular formula is C26H22Cl3N3O. The summed E-state index contributed by atoms with van der Waals surface area (Å²) in [6.07, 6.45) is 0.911. The summed E-state index contributed by atoms with van der Waals surface area (Å²) in [6, 6.07) is 22.0. The van der Waals surface area contributed by atoms with Gasteiger partial charge in [0.05, 0.1) is 35.0 Å². The molecule has 7 heteroatoms. The SMILES string of the molecule is N#Cc1ccc2c(c1)OCC[C@H]2N1CCN(c2ccc(Cl)cc2Cl)[C@H](c2ccc(Cl)cc2)C1. The highest BCUT2D eigenvalue weighted by molar-refractivity contribution is 6.36. The number of rotatable bonds is 3. The van der Waals surface area contributed by atoms with Crippen LogP contribution in [0.4, 0.5) is 5.69 Å². The summed E-state index contributed by atoms with van der Waals surface area (Å²) in [6.45, 7) is 3.16. The fourth-order valence-electron chi connectivity index (χ4n) is 4.88. The lowest BCUT2D eigenvalue weighted by Gasteiger charge is -2.47. The van der Waals surface area contributed by atoms with Crippen LogP contribution >= 0.6 is 34.8 Å². The van der Waals surface area contributed by atoms with Gasteiger partial charge in [0.1, 0.15) is 5.75 Å². The highest BCUT2D eigenvalue weighted by Gasteiger charge is 2.35. The van der Waals surface area contributed by atoms with E-state index in [4.69, 9.17) is 39.5 Å². The minimum atomic E-state index is 0.0966. The molecule has 0 spiro atoms. The van der Waals surface area contributed by atoms with Crippen molar-refractivity contribution in [3.8, 4) is 11.8 Å². The maximum absolute atomic E-state index is 9.26. The van der Waals surface area contributed by atoms with E-state index in [0.717, 1.165) is 43.1 Å². The van der Waals surface area contributed by atoms with Crippen molar-refractivity contribution in [3.63, 3.8) is 0 Å². The average Bonchev–Trinajstić information content (AvgIpc) is 2.83. The molecule has 2 aliphatic heterocycles. The van der Waals surface area contributed by atoms with E-state index in [9.17, 15) is 5.26 Å². The topological polar surface area (TPSA) is 39.5 Å². The van der Waals surface area contributed by atoms with E-state index in [1.54, 1.807) is 6.07 Å². The van der Waals surface area contributed by atoms with Crippen molar-refractivity contribution in [2.24, 2.45) is 0 Å². The smallest absolute Gasteiger partial charge is 0.125 e. The molecule has 1 saturated heterocycles. The molecule has 0 aromatic heterocycles. The highest BCUT2D eigenvalue weighted by atomic mass is 35.5. The molecule has 2 atom stereocenters. The quantitative estimate of drug-likeness (QED) is 0.393. The van der Waals surface area contributed by atoms with Gasteiger partial charge >= 0.3 is 0 Å². The van der Waals surface area contributed by atoms with Crippen molar-refractivity contribution in [1.82, 2.24) is 4.90 Å². The Labute approximate surface area is 208 Å². The molecule has 0 amide bonds. The predicted molar refractivity (Wildman–Crippen MR) is 134 cm³/mol. The summed E-state index contributed by atoms with van der Waals surface area (Å²) in [4.78, 5) is 4.88. The summed E-state index contributed by atoms with van der Waals surface area (Å²) in [5.41, 5.74) is 3.93. The van der Waals surface area contributed by atoms with E-state index >= 15 is 0 Å². The number of nitrogens with zero attached hydrogens (tertiary/aromatic N) is 3. The number of ether oxygens (including phenoxy) is 1. The van der Waals surface area contributed by atoms with Gasteiger partial charge in [-0.2, -0.15) is 5.26 Å². The minimum absolute atomic E-state index is 0.0966. The Morgan fingerprint density at radius 3 is 2.42 bits per heavy atom. The Morgan fingerprint density at radius 2 is 1.67 bits per heavy atom. The van der Waals surface area contributed by atoms with Crippen molar-refractivity contribution < 1.29 is 4.74 Å². The number of hydrogen-bond donors (Lipinski definition) is 0. The molecule has 0 saturated carbocycles. The molecule has 4 nitrogen and oxygen atoms in total. The van der Waals surface area contributed by atoms with Crippen LogP contribution < -0.4 is 9.64 Å². The third kappa shape index (κ3) is 4.52. The molecule has 0 aliphatic carbocycles. The third-order valence-electron chi connectivity index (χ3n) is 6.48. The lowest BCUT2D eigenvalue weighted by atomic mass is 9.94. The summed E-state index contributed by atoms with van der Waals surface area (Å²) in [5.74, 6) is 0.816.